The van der Waals surface area contributed by atoms with Gasteiger partial charge in [-0.3, -0.25) is 14.6 Å². The van der Waals surface area contributed by atoms with Crippen molar-refractivity contribution in [3.63, 3.8) is 0 Å². The normalized spacial score (nSPS) is 20.3. The second kappa shape index (κ2) is 6.35. The Morgan fingerprint density at radius 3 is 2.79 bits per heavy atom. The summed E-state index contributed by atoms with van der Waals surface area (Å²) in [6.07, 6.45) is 3.66. The van der Waals surface area contributed by atoms with Crippen molar-refractivity contribution in [3.8, 4) is 0 Å². The second-order valence-electron chi connectivity index (χ2n) is 5.96. The van der Waals surface area contributed by atoms with Gasteiger partial charge in [0.25, 0.3) is 5.91 Å². The summed E-state index contributed by atoms with van der Waals surface area (Å²) in [6, 6.07) is 4.81. The summed E-state index contributed by atoms with van der Waals surface area (Å²) in [6.45, 7) is 3.56. The predicted molar refractivity (Wildman–Crippen MR) is 87.1 cm³/mol. The number of hydrogen-bond donors (Lipinski definition) is 1. The molecule has 0 aromatic carbocycles. The Labute approximate surface area is 140 Å². The lowest BCUT2D eigenvalue weighted by Gasteiger charge is -2.25. The Bertz CT molecular complexity index is 758. The number of nitrogens with one attached hydrogen (secondary N) is 1. The molecule has 0 spiro atoms. The second-order valence-corrected chi connectivity index (χ2v) is 5.96. The molecule has 7 heteroatoms. The molecule has 24 heavy (non-hydrogen) atoms. The Morgan fingerprint density at radius 1 is 1.33 bits per heavy atom. The molecule has 1 aliphatic heterocycles. The molecule has 1 N–H and O–H groups in total. The zero-order valence-corrected chi connectivity index (χ0v) is 13.9. The minimum atomic E-state index is -0.324. The molecular weight excluding hydrogens is 306 g/mol. The van der Waals surface area contributed by atoms with Crippen molar-refractivity contribution in [2.75, 3.05) is 7.05 Å². The molecule has 7 nitrogen and oxygen atoms in total. The first kappa shape index (κ1) is 16.0. The fraction of sp³-hybridized carbons (Fsp3) is 0.353. The first-order valence-corrected chi connectivity index (χ1v) is 7.74. The zero-order chi connectivity index (χ0) is 17.3. The number of rotatable bonds is 3. The SMILES string of the molecule is Cc1cc(C(=O)N[C@@H]2CC(=O)N(C)[C@H]2c2cccnc2)nc(C)n1. The van der Waals surface area contributed by atoms with Gasteiger partial charge >= 0.3 is 0 Å². The molecule has 0 radical (unpaired) electrons. The van der Waals surface area contributed by atoms with Crippen molar-refractivity contribution in [3.05, 3.63) is 53.4 Å². The van der Waals surface area contributed by atoms with E-state index in [2.05, 4.69) is 20.3 Å². The first-order chi connectivity index (χ1) is 11.5. The first-order valence-electron chi connectivity index (χ1n) is 7.74. The van der Waals surface area contributed by atoms with Crippen LogP contribution in [-0.2, 0) is 4.79 Å². The van der Waals surface area contributed by atoms with Crippen molar-refractivity contribution in [2.45, 2.75) is 32.4 Å². The average Bonchev–Trinajstić information content (AvgIpc) is 2.81. The van der Waals surface area contributed by atoms with Crippen molar-refractivity contribution in [1.82, 2.24) is 25.2 Å². The number of carbonyl (C=O) groups is 2. The third kappa shape index (κ3) is 3.10. The molecule has 3 rings (SSSR count). The van der Waals surface area contributed by atoms with E-state index < -0.39 is 0 Å². The van der Waals surface area contributed by atoms with Gasteiger partial charge < -0.3 is 10.2 Å². The molecule has 0 bridgehead atoms. The lowest BCUT2D eigenvalue weighted by atomic mass is 10.0. The maximum absolute atomic E-state index is 12.5. The highest BCUT2D eigenvalue weighted by atomic mass is 16.2. The van der Waals surface area contributed by atoms with Gasteiger partial charge in [0.2, 0.25) is 5.91 Å². The average molecular weight is 325 g/mol. The van der Waals surface area contributed by atoms with Gasteiger partial charge in [-0.05, 0) is 31.5 Å². The highest BCUT2D eigenvalue weighted by molar-refractivity contribution is 5.93. The molecule has 2 aromatic heterocycles. The third-order valence-corrected chi connectivity index (χ3v) is 4.13. The van der Waals surface area contributed by atoms with E-state index in [0.717, 1.165) is 11.3 Å². The monoisotopic (exact) mass is 325 g/mol. The lowest BCUT2D eigenvalue weighted by molar-refractivity contribution is -0.127. The molecule has 2 amide bonds. The lowest BCUT2D eigenvalue weighted by Crippen LogP contribution is -2.39. The smallest absolute Gasteiger partial charge is 0.270 e. The van der Waals surface area contributed by atoms with Gasteiger partial charge in [-0.25, -0.2) is 9.97 Å². The van der Waals surface area contributed by atoms with Crippen LogP contribution < -0.4 is 5.32 Å². The summed E-state index contributed by atoms with van der Waals surface area (Å²) >= 11 is 0. The number of hydrogen-bond acceptors (Lipinski definition) is 5. The number of carbonyl (C=O) groups excluding carboxylic acids is 2. The molecule has 3 heterocycles. The largest absolute Gasteiger partial charge is 0.345 e. The van der Waals surface area contributed by atoms with Crippen LogP contribution in [0.2, 0.25) is 0 Å². The molecule has 1 fully saturated rings. The van der Waals surface area contributed by atoms with Gasteiger partial charge in [0, 0.05) is 31.6 Å². The van der Waals surface area contributed by atoms with Crippen LogP contribution in [0.4, 0.5) is 0 Å². The summed E-state index contributed by atoms with van der Waals surface area (Å²) in [4.78, 5) is 38.8. The minimum absolute atomic E-state index is 0.01000. The Morgan fingerprint density at radius 2 is 2.12 bits per heavy atom. The van der Waals surface area contributed by atoms with E-state index in [1.807, 2.05) is 19.1 Å². The number of likely N-dealkylation sites (tertiary alicyclic amines) is 1. The van der Waals surface area contributed by atoms with Crippen molar-refractivity contribution in [1.29, 1.82) is 0 Å². The summed E-state index contributed by atoms with van der Waals surface area (Å²) in [5.74, 6) is 0.235. The number of amides is 2. The minimum Gasteiger partial charge on any atom is -0.345 e. The predicted octanol–water partition coefficient (Wildman–Crippen LogP) is 1.19. The van der Waals surface area contributed by atoms with Gasteiger partial charge in [0.1, 0.15) is 11.5 Å². The van der Waals surface area contributed by atoms with E-state index in [1.54, 1.807) is 37.3 Å². The number of pyridine rings is 1. The third-order valence-electron chi connectivity index (χ3n) is 4.13. The van der Waals surface area contributed by atoms with Crippen LogP contribution in [0.15, 0.2) is 30.6 Å². The van der Waals surface area contributed by atoms with Crippen LogP contribution in [0, 0.1) is 13.8 Å². The van der Waals surface area contributed by atoms with Crippen LogP contribution in [-0.4, -0.2) is 44.8 Å². The summed E-state index contributed by atoms with van der Waals surface area (Å²) in [5, 5.41) is 2.94. The standard InChI is InChI=1S/C17H19N5O2/c1-10-7-14(20-11(2)19-10)17(24)21-13-8-15(23)22(3)16(13)12-5-4-6-18-9-12/h4-7,9,13,16H,8H2,1-3H3,(H,21,24)/t13-,16+/m1/s1. The van der Waals surface area contributed by atoms with Crippen LogP contribution in [0.1, 0.15) is 40.0 Å². The van der Waals surface area contributed by atoms with E-state index in [4.69, 9.17) is 0 Å². The number of aryl methyl sites for hydroxylation is 2. The quantitative estimate of drug-likeness (QED) is 0.916. The number of aromatic nitrogens is 3. The molecular formula is C17H19N5O2. The Balaban J connectivity index is 1.84. The topological polar surface area (TPSA) is 88.1 Å². The Kier molecular flexibility index (Phi) is 4.24. The van der Waals surface area contributed by atoms with Crippen LogP contribution in [0.3, 0.4) is 0 Å². The van der Waals surface area contributed by atoms with E-state index in [1.165, 1.54) is 0 Å². The zero-order valence-electron chi connectivity index (χ0n) is 13.9. The molecule has 1 saturated heterocycles. The van der Waals surface area contributed by atoms with Gasteiger partial charge in [-0.15, -0.1) is 0 Å². The van der Waals surface area contributed by atoms with Crippen LogP contribution >= 0.6 is 0 Å². The van der Waals surface area contributed by atoms with E-state index in [0.29, 0.717) is 11.5 Å². The van der Waals surface area contributed by atoms with Gasteiger partial charge in [-0.1, -0.05) is 6.07 Å². The highest BCUT2D eigenvalue weighted by Crippen LogP contribution is 2.31. The van der Waals surface area contributed by atoms with Crippen molar-refractivity contribution < 1.29 is 9.59 Å². The summed E-state index contributed by atoms with van der Waals surface area (Å²) < 4.78 is 0. The van der Waals surface area contributed by atoms with E-state index >= 15 is 0 Å². The maximum Gasteiger partial charge on any atom is 0.270 e. The van der Waals surface area contributed by atoms with Gasteiger partial charge in [0.05, 0.1) is 12.1 Å². The number of nitrogens with zero attached hydrogens (tertiary/aromatic N) is 4. The van der Waals surface area contributed by atoms with Gasteiger partial charge in [0.15, 0.2) is 0 Å². The maximum atomic E-state index is 12.5. The Hall–Kier alpha value is -2.83. The van der Waals surface area contributed by atoms with E-state index in [9.17, 15) is 9.59 Å². The van der Waals surface area contributed by atoms with E-state index in [-0.39, 0.29) is 30.3 Å². The molecule has 1 aliphatic rings. The summed E-state index contributed by atoms with van der Waals surface area (Å²) in [7, 11) is 1.74. The van der Waals surface area contributed by atoms with Crippen molar-refractivity contribution in [2.24, 2.45) is 0 Å². The molecule has 0 unspecified atom stereocenters. The molecule has 2 atom stereocenters. The molecule has 124 valence electrons. The summed E-state index contributed by atoms with van der Waals surface area (Å²) in [5.41, 5.74) is 1.94. The fourth-order valence-electron chi connectivity index (χ4n) is 3.08. The molecule has 0 saturated carbocycles. The number of likely N-dealkylation sites (N-methyl/N-ethyl adjacent to an activating group) is 1. The van der Waals surface area contributed by atoms with Crippen LogP contribution in [0.5, 0.6) is 0 Å². The molecule has 2 aromatic rings. The van der Waals surface area contributed by atoms with Crippen molar-refractivity contribution >= 4 is 11.8 Å². The van der Waals surface area contributed by atoms with Crippen LogP contribution in [0.25, 0.3) is 0 Å². The fourth-order valence-corrected chi connectivity index (χ4v) is 3.08. The highest BCUT2D eigenvalue weighted by Gasteiger charge is 2.39. The molecule has 0 aliphatic carbocycles. The van der Waals surface area contributed by atoms with Gasteiger partial charge in [-0.2, -0.15) is 0 Å².